The Bertz CT molecular complexity index is 1390. The van der Waals surface area contributed by atoms with E-state index in [9.17, 15) is 4.79 Å². The Hall–Kier alpha value is -4.19. The van der Waals surface area contributed by atoms with Crippen molar-refractivity contribution in [2.45, 2.75) is 6.92 Å². The molecule has 1 amide bonds. The van der Waals surface area contributed by atoms with Gasteiger partial charge in [0.15, 0.2) is 0 Å². The largest absolute Gasteiger partial charge is 0.465 e. The molecule has 2 heterocycles. The van der Waals surface area contributed by atoms with E-state index in [1.54, 1.807) is 29.3 Å². The maximum absolute atomic E-state index is 12.3. The van der Waals surface area contributed by atoms with Gasteiger partial charge in [-0.25, -0.2) is 0 Å². The number of hydrogen-bond donors (Lipinski definition) is 1. The molecule has 1 N–H and O–H groups in total. The molecule has 3 aromatic carbocycles. The molecule has 0 radical (unpaired) electrons. The number of hydrogen-bond acceptors (Lipinski definition) is 4. The van der Waals surface area contributed by atoms with Gasteiger partial charge in [-0.15, -0.1) is 15.0 Å². The zero-order chi connectivity index (χ0) is 20.5. The standard InChI is InChI=1S/C24H18N4O2/c1-16-14-21-22(15-20(16)25-24(29)12-11-18-8-5-13-30-18)27-28(26-21)23-10-4-7-17-6-2-3-9-19(17)23/h2-15H,1H3,(H,25,29). The number of nitrogens with zero attached hydrogens (tertiary/aromatic N) is 3. The number of carbonyl (C=O) groups excluding carboxylic acids is 1. The number of carbonyl (C=O) groups is 1. The van der Waals surface area contributed by atoms with Gasteiger partial charge in [0.2, 0.25) is 5.91 Å². The summed E-state index contributed by atoms with van der Waals surface area (Å²) in [4.78, 5) is 13.9. The normalized spacial score (nSPS) is 11.5. The molecule has 0 saturated heterocycles. The molecule has 0 bridgehead atoms. The molecular formula is C24H18N4O2. The fourth-order valence-corrected chi connectivity index (χ4v) is 3.41. The van der Waals surface area contributed by atoms with E-state index in [1.807, 2.05) is 43.3 Å². The van der Waals surface area contributed by atoms with Crippen LogP contribution in [0.15, 0.2) is 83.5 Å². The molecule has 146 valence electrons. The predicted molar refractivity (Wildman–Crippen MR) is 117 cm³/mol. The minimum Gasteiger partial charge on any atom is -0.465 e. The highest BCUT2D eigenvalue weighted by atomic mass is 16.3. The molecule has 5 aromatic rings. The summed E-state index contributed by atoms with van der Waals surface area (Å²) < 4.78 is 5.20. The molecule has 30 heavy (non-hydrogen) atoms. The third-order valence-corrected chi connectivity index (χ3v) is 4.91. The van der Waals surface area contributed by atoms with Gasteiger partial charge in [0.25, 0.3) is 0 Å². The molecule has 5 rings (SSSR count). The Kier molecular flexibility index (Phi) is 4.37. The zero-order valence-corrected chi connectivity index (χ0v) is 16.2. The summed E-state index contributed by atoms with van der Waals surface area (Å²) in [7, 11) is 0. The number of nitrogens with one attached hydrogen (secondary N) is 1. The van der Waals surface area contributed by atoms with Crippen molar-refractivity contribution in [3.05, 3.63) is 90.4 Å². The summed E-state index contributed by atoms with van der Waals surface area (Å²) in [6, 6.07) is 21.5. The highest BCUT2D eigenvalue weighted by molar-refractivity contribution is 6.03. The van der Waals surface area contributed by atoms with E-state index in [2.05, 4.69) is 33.7 Å². The number of amides is 1. The first-order valence-electron chi connectivity index (χ1n) is 9.56. The summed E-state index contributed by atoms with van der Waals surface area (Å²) in [5.41, 5.74) is 3.99. The van der Waals surface area contributed by atoms with Crippen LogP contribution in [0.2, 0.25) is 0 Å². The van der Waals surface area contributed by atoms with E-state index >= 15 is 0 Å². The van der Waals surface area contributed by atoms with E-state index in [0.717, 1.165) is 27.5 Å². The van der Waals surface area contributed by atoms with Crippen molar-refractivity contribution in [2.75, 3.05) is 5.32 Å². The lowest BCUT2D eigenvalue weighted by Crippen LogP contribution is -2.08. The summed E-state index contributed by atoms with van der Waals surface area (Å²) in [6.45, 7) is 1.93. The maximum Gasteiger partial charge on any atom is 0.248 e. The highest BCUT2D eigenvalue weighted by Gasteiger charge is 2.11. The number of anilines is 1. The maximum atomic E-state index is 12.3. The first-order chi connectivity index (χ1) is 14.7. The molecular weight excluding hydrogens is 376 g/mol. The van der Waals surface area contributed by atoms with Gasteiger partial charge >= 0.3 is 0 Å². The summed E-state index contributed by atoms with van der Waals surface area (Å²) in [5, 5.41) is 14.4. The molecule has 0 aliphatic heterocycles. The average molecular weight is 394 g/mol. The van der Waals surface area contributed by atoms with Crippen LogP contribution in [-0.2, 0) is 4.79 Å². The second-order valence-corrected chi connectivity index (χ2v) is 6.98. The Morgan fingerprint density at radius 3 is 2.63 bits per heavy atom. The zero-order valence-electron chi connectivity index (χ0n) is 16.2. The van der Waals surface area contributed by atoms with Crippen LogP contribution in [0.4, 0.5) is 5.69 Å². The minimum atomic E-state index is -0.240. The Morgan fingerprint density at radius 2 is 1.80 bits per heavy atom. The SMILES string of the molecule is Cc1cc2nn(-c3cccc4ccccc34)nc2cc1NC(=O)C=Cc1ccco1. The Labute approximate surface area is 172 Å². The van der Waals surface area contributed by atoms with Crippen molar-refractivity contribution in [2.24, 2.45) is 0 Å². The van der Waals surface area contributed by atoms with Gasteiger partial charge in [-0.05, 0) is 54.3 Å². The Morgan fingerprint density at radius 1 is 1.00 bits per heavy atom. The van der Waals surface area contributed by atoms with Gasteiger partial charge in [-0.1, -0.05) is 36.4 Å². The van der Waals surface area contributed by atoms with Crippen LogP contribution < -0.4 is 5.32 Å². The van der Waals surface area contributed by atoms with Crippen molar-refractivity contribution in [3.8, 4) is 5.69 Å². The molecule has 0 fully saturated rings. The van der Waals surface area contributed by atoms with E-state index in [0.29, 0.717) is 17.0 Å². The van der Waals surface area contributed by atoms with Crippen LogP contribution in [0.1, 0.15) is 11.3 Å². The van der Waals surface area contributed by atoms with Crippen molar-refractivity contribution in [1.82, 2.24) is 15.0 Å². The lowest BCUT2D eigenvalue weighted by Gasteiger charge is -2.05. The number of rotatable bonds is 4. The highest BCUT2D eigenvalue weighted by Crippen LogP contribution is 2.25. The lowest BCUT2D eigenvalue weighted by atomic mass is 10.1. The quantitative estimate of drug-likeness (QED) is 0.429. The monoisotopic (exact) mass is 394 g/mol. The number of aryl methyl sites for hydroxylation is 1. The van der Waals surface area contributed by atoms with Gasteiger partial charge in [0.05, 0.1) is 12.0 Å². The summed E-state index contributed by atoms with van der Waals surface area (Å²) in [5.74, 6) is 0.380. The lowest BCUT2D eigenvalue weighted by molar-refractivity contribution is -0.111. The third kappa shape index (κ3) is 3.35. The van der Waals surface area contributed by atoms with E-state index < -0.39 is 0 Å². The van der Waals surface area contributed by atoms with E-state index in [4.69, 9.17) is 4.42 Å². The first-order valence-corrected chi connectivity index (χ1v) is 9.56. The van der Waals surface area contributed by atoms with Crippen LogP contribution >= 0.6 is 0 Å². The molecule has 2 aromatic heterocycles. The number of fused-ring (bicyclic) bond motifs is 2. The van der Waals surface area contributed by atoms with Crippen molar-refractivity contribution >= 4 is 39.5 Å². The topological polar surface area (TPSA) is 73.0 Å². The van der Waals surface area contributed by atoms with Crippen molar-refractivity contribution in [1.29, 1.82) is 0 Å². The van der Waals surface area contributed by atoms with Gasteiger partial charge in [-0.3, -0.25) is 4.79 Å². The van der Waals surface area contributed by atoms with Gasteiger partial charge in [0.1, 0.15) is 16.8 Å². The number of aromatic nitrogens is 3. The van der Waals surface area contributed by atoms with Gasteiger partial charge in [-0.2, -0.15) is 0 Å². The van der Waals surface area contributed by atoms with Gasteiger partial charge in [0, 0.05) is 17.1 Å². The smallest absolute Gasteiger partial charge is 0.248 e. The molecule has 6 heteroatoms. The second kappa shape index (κ2) is 7.33. The van der Waals surface area contributed by atoms with E-state index in [-0.39, 0.29) is 5.91 Å². The van der Waals surface area contributed by atoms with Crippen molar-refractivity contribution < 1.29 is 9.21 Å². The molecule has 0 spiro atoms. The van der Waals surface area contributed by atoms with Crippen molar-refractivity contribution in [3.63, 3.8) is 0 Å². The molecule has 0 aliphatic rings. The van der Waals surface area contributed by atoms with E-state index in [1.165, 1.54) is 6.08 Å². The predicted octanol–water partition coefficient (Wildman–Crippen LogP) is 5.13. The van der Waals surface area contributed by atoms with Crippen LogP contribution in [0.25, 0.3) is 33.6 Å². The number of furan rings is 1. The fourth-order valence-electron chi connectivity index (χ4n) is 3.41. The van der Waals surface area contributed by atoms with Crippen LogP contribution in [0, 0.1) is 6.92 Å². The van der Waals surface area contributed by atoms with Crippen LogP contribution in [0.3, 0.4) is 0 Å². The number of benzene rings is 3. The molecule has 0 aliphatic carbocycles. The molecule has 0 saturated carbocycles. The van der Waals surface area contributed by atoms with Crippen LogP contribution in [-0.4, -0.2) is 20.9 Å². The van der Waals surface area contributed by atoms with Gasteiger partial charge < -0.3 is 9.73 Å². The van der Waals surface area contributed by atoms with Crippen LogP contribution in [0.5, 0.6) is 0 Å². The first kappa shape index (κ1) is 17.9. The summed E-state index contributed by atoms with van der Waals surface area (Å²) in [6.07, 6.45) is 4.63. The minimum absolute atomic E-state index is 0.240. The fraction of sp³-hybridized carbons (Fsp3) is 0.0417. The summed E-state index contributed by atoms with van der Waals surface area (Å²) >= 11 is 0. The average Bonchev–Trinajstić information content (AvgIpc) is 3.42. The second-order valence-electron chi connectivity index (χ2n) is 6.98. The molecule has 0 unspecified atom stereocenters. The third-order valence-electron chi connectivity index (χ3n) is 4.91. The molecule has 6 nitrogen and oxygen atoms in total. The Balaban J connectivity index is 1.48. The molecule has 0 atom stereocenters.